The smallest absolute Gasteiger partial charge is 0.323 e. The third kappa shape index (κ3) is 11.5. The van der Waals surface area contributed by atoms with E-state index in [1.807, 2.05) is 32.9 Å². The second kappa shape index (κ2) is 19.1. The molecule has 5 atom stereocenters. The first-order valence-electron chi connectivity index (χ1n) is 17.2. The van der Waals surface area contributed by atoms with E-state index in [2.05, 4.69) is 26.6 Å². The summed E-state index contributed by atoms with van der Waals surface area (Å²) in [7, 11) is 0. The Morgan fingerprint density at radius 2 is 1.57 bits per heavy atom. The Hall–Kier alpha value is -5.47. The molecule has 0 aromatic heterocycles. The molecule has 1 fully saturated rings. The van der Waals surface area contributed by atoms with Crippen molar-refractivity contribution < 1.29 is 38.7 Å². The zero-order valence-electron chi connectivity index (χ0n) is 29.5. The van der Waals surface area contributed by atoms with Gasteiger partial charge in [0.25, 0.3) is 5.91 Å². The second-order valence-corrected chi connectivity index (χ2v) is 12.8. The highest BCUT2D eigenvalue weighted by atomic mass is 16.4. The van der Waals surface area contributed by atoms with Crippen molar-refractivity contribution in [2.75, 3.05) is 17.2 Å². The predicted octanol–water partition coefficient (Wildman–Crippen LogP) is 2.89. The van der Waals surface area contributed by atoms with Gasteiger partial charge in [-0.1, -0.05) is 58.2 Å². The molecule has 51 heavy (non-hydrogen) atoms. The van der Waals surface area contributed by atoms with Crippen LogP contribution in [0.25, 0.3) is 0 Å². The van der Waals surface area contributed by atoms with Crippen LogP contribution in [0.4, 0.5) is 16.2 Å². The molecule has 1 heterocycles. The van der Waals surface area contributed by atoms with E-state index in [4.69, 9.17) is 5.73 Å². The number of benzene rings is 2. The Kier molecular flexibility index (Phi) is 14.9. The van der Waals surface area contributed by atoms with Crippen LogP contribution in [0.1, 0.15) is 81.6 Å². The standard InChI is InChI=1S/C36H49N7O8/c1-5-7-12-26(39-32(47)23-15-17-24(18-16-23)38-36(51)41-25-13-9-8-11-22(25)4)33(48)40-27(20-29(44)45)34(49)42-30(21(3)6-2)35(50)43-19-10-14-28(43)31(37)46/h8-9,11,13,15-18,21,26-28,30H,5-7,10,12,14,19-20H2,1-4H3,(H2,37,46)(H,39,47)(H,40,48)(H,42,49)(H,44,45)(H2,38,41,51)/t21?,26-,27-,28-,30-/m0/s1. The van der Waals surface area contributed by atoms with Crippen molar-refractivity contribution in [2.24, 2.45) is 11.7 Å². The molecular weight excluding hydrogens is 658 g/mol. The number of anilines is 2. The number of likely N-dealkylation sites (tertiary alicyclic amines) is 1. The van der Waals surface area contributed by atoms with Crippen LogP contribution in [0.5, 0.6) is 0 Å². The fraction of sp³-hybridized carbons (Fsp3) is 0.472. The lowest BCUT2D eigenvalue weighted by Gasteiger charge is -2.32. The largest absolute Gasteiger partial charge is 0.481 e. The van der Waals surface area contributed by atoms with Crippen molar-refractivity contribution in [1.82, 2.24) is 20.9 Å². The molecular formula is C36H49N7O8. The van der Waals surface area contributed by atoms with Gasteiger partial charge in [0.05, 0.1) is 6.42 Å². The highest BCUT2D eigenvalue weighted by Crippen LogP contribution is 2.21. The lowest BCUT2D eigenvalue weighted by Crippen LogP contribution is -2.59. The summed E-state index contributed by atoms with van der Waals surface area (Å²) in [5, 5.41) is 22.8. The average Bonchev–Trinajstić information content (AvgIpc) is 3.60. The number of nitrogens with one attached hydrogen (secondary N) is 5. The number of primary amides is 1. The van der Waals surface area contributed by atoms with Crippen molar-refractivity contribution in [3.05, 3.63) is 59.7 Å². The van der Waals surface area contributed by atoms with Crippen LogP contribution < -0.4 is 32.3 Å². The summed E-state index contributed by atoms with van der Waals surface area (Å²) in [5.74, 6) is -5.19. The normalized spacial score (nSPS) is 16.2. The Morgan fingerprint density at radius 1 is 0.902 bits per heavy atom. The van der Waals surface area contributed by atoms with E-state index in [1.165, 1.54) is 29.2 Å². The molecule has 0 bridgehead atoms. The number of urea groups is 1. The molecule has 15 heteroatoms. The maximum atomic E-state index is 13.5. The maximum absolute atomic E-state index is 13.5. The molecule has 0 aliphatic carbocycles. The van der Waals surface area contributed by atoms with Crippen molar-refractivity contribution in [3.63, 3.8) is 0 Å². The number of amides is 7. The molecule has 1 unspecified atom stereocenters. The summed E-state index contributed by atoms with van der Waals surface area (Å²) in [6.07, 6.45) is 2.08. The molecule has 2 aromatic carbocycles. The van der Waals surface area contributed by atoms with E-state index < -0.39 is 78.0 Å². The van der Waals surface area contributed by atoms with E-state index in [1.54, 1.807) is 19.1 Å². The molecule has 276 valence electrons. The molecule has 0 radical (unpaired) electrons. The number of unbranched alkanes of at least 4 members (excludes halogenated alkanes) is 1. The fourth-order valence-corrected chi connectivity index (χ4v) is 5.72. The summed E-state index contributed by atoms with van der Waals surface area (Å²) in [6, 6.07) is 8.24. The van der Waals surface area contributed by atoms with Gasteiger partial charge in [0.15, 0.2) is 0 Å². The van der Waals surface area contributed by atoms with Crippen LogP contribution >= 0.6 is 0 Å². The number of aryl methyl sites for hydroxylation is 1. The highest BCUT2D eigenvalue weighted by Gasteiger charge is 2.39. The molecule has 1 saturated heterocycles. The van der Waals surface area contributed by atoms with Crippen LogP contribution in [0.15, 0.2) is 48.5 Å². The van der Waals surface area contributed by atoms with Crippen LogP contribution in [0.2, 0.25) is 0 Å². The van der Waals surface area contributed by atoms with Crippen molar-refractivity contribution in [1.29, 1.82) is 0 Å². The van der Waals surface area contributed by atoms with E-state index in [0.717, 1.165) is 5.56 Å². The first-order valence-corrected chi connectivity index (χ1v) is 17.2. The zero-order valence-corrected chi connectivity index (χ0v) is 29.5. The number of aliphatic carboxylic acids is 1. The summed E-state index contributed by atoms with van der Waals surface area (Å²) >= 11 is 0. The number of hydrogen-bond acceptors (Lipinski definition) is 7. The minimum Gasteiger partial charge on any atom is -0.481 e. The third-order valence-corrected chi connectivity index (χ3v) is 8.92. The van der Waals surface area contributed by atoms with Crippen molar-refractivity contribution in [3.8, 4) is 0 Å². The zero-order chi connectivity index (χ0) is 37.7. The Bertz CT molecular complexity index is 1580. The Labute approximate surface area is 297 Å². The highest BCUT2D eigenvalue weighted by molar-refractivity contribution is 6.02. The summed E-state index contributed by atoms with van der Waals surface area (Å²) in [6.45, 7) is 7.60. The number of carbonyl (C=O) groups excluding carboxylic acids is 6. The summed E-state index contributed by atoms with van der Waals surface area (Å²) in [4.78, 5) is 91.3. The number of carboxylic acid groups (broad SMARTS) is 1. The molecule has 8 N–H and O–H groups in total. The van der Waals surface area contributed by atoms with E-state index in [9.17, 15) is 38.7 Å². The monoisotopic (exact) mass is 707 g/mol. The molecule has 7 amide bonds. The molecule has 0 spiro atoms. The first-order chi connectivity index (χ1) is 24.2. The summed E-state index contributed by atoms with van der Waals surface area (Å²) in [5.41, 5.74) is 7.65. The Balaban J connectivity index is 1.70. The second-order valence-electron chi connectivity index (χ2n) is 12.8. The van der Waals surface area contributed by atoms with Gasteiger partial charge in [0, 0.05) is 23.5 Å². The molecule has 2 aromatic rings. The quantitative estimate of drug-likeness (QED) is 0.129. The van der Waals surface area contributed by atoms with Gasteiger partial charge in [-0.05, 0) is 68.0 Å². The van der Waals surface area contributed by atoms with Gasteiger partial charge in [0.2, 0.25) is 23.6 Å². The number of nitrogens with zero attached hydrogens (tertiary/aromatic N) is 1. The number of carbonyl (C=O) groups is 7. The lowest BCUT2D eigenvalue weighted by molar-refractivity contribution is -0.143. The number of carboxylic acids is 1. The van der Waals surface area contributed by atoms with Gasteiger partial charge in [-0.15, -0.1) is 0 Å². The number of para-hydroxylation sites is 1. The molecule has 15 nitrogen and oxygen atoms in total. The van der Waals surface area contributed by atoms with Gasteiger partial charge < -0.3 is 42.3 Å². The van der Waals surface area contributed by atoms with Crippen LogP contribution in [0.3, 0.4) is 0 Å². The topological polar surface area (TPSA) is 229 Å². The fourth-order valence-electron chi connectivity index (χ4n) is 5.72. The van der Waals surface area contributed by atoms with Gasteiger partial charge in [-0.25, -0.2) is 4.79 Å². The summed E-state index contributed by atoms with van der Waals surface area (Å²) < 4.78 is 0. The minimum atomic E-state index is -1.57. The van der Waals surface area contributed by atoms with E-state index in [-0.39, 0.29) is 18.5 Å². The van der Waals surface area contributed by atoms with Crippen LogP contribution in [-0.4, -0.2) is 82.3 Å². The van der Waals surface area contributed by atoms with Crippen molar-refractivity contribution >= 4 is 52.9 Å². The number of rotatable bonds is 17. The first kappa shape index (κ1) is 40.0. The van der Waals surface area contributed by atoms with Gasteiger partial charge in [0.1, 0.15) is 24.2 Å². The van der Waals surface area contributed by atoms with E-state index >= 15 is 0 Å². The van der Waals surface area contributed by atoms with Gasteiger partial charge in [-0.3, -0.25) is 28.8 Å². The SMILES string of the molecule is CCCC[C@H](NC(=O)c1ccc(NC(=O)Nc2ccccc2C)cc1)C(=O)N[C@@H](CC(=O)O)C(=O)N[C@H](C(=O)N1CCC[C@H]1C(N)=O)C(C)CC. The Morgan fingerprint density at radius 3 is 2.18 bits per heavy atom. The molecule has 1 aliphatic rings. The minimum absolute atomic E-state index is 0.195. The number of hydrogen-bond donors (Lipinski definition) is 7. The average molecular weight is 708 g/mol. The third-order valence-electron chi connectivity index (χ3n) is 8.92. The van der Waals surface area contributed by atoms with E-state index in [0.29, 0.717) is 43.5 Å². The van der Waals surface area contributed by atoms with Gasteiger partial charge in [-0.2, -0.15) is 0 Å². The van der Waals surface area contributed by atoms with Gasteiger partial charge >= 0.3 is 12.0 Å². The molecule has 3 rings (SSSR count). The molecule has 1 aliphatic heterocycles. The van der Waals surface area contributed by atoms with Crippen molar-refractivity contribution in [2.45, 2.75) is 96.8 Å². The number of nitrogens with two attached hydrogens (primary N) is 1. The van der Waals surface area contributed by atoms with Crippen LogP contribution in [0, 0.1) is 12.8 Å². The van der Waals surface area contributed by atoms with Crippen LogP contribution in [-0.2, 0) is 24.0 Å². The predicted molar refractivity (Wildman–Crippen MR) is 191 cm³/mol. The lowest BCUT2D eigenvalue weighted by atomic mass is 9.96. The molecule has 0 saturated carbocycles. The maximum Gasteiger partial charge on any atom is 0.323 e.